The van der Waals surface area contributed by atoms with Gasteiger partial charge >= 0.3 is 5.97 Å². The highest BCUT2D eigenvalue weighted by Crippen LogP contribution is 2.20. The molecule has 0 unspecified atom stereocenters. The van der Waals surface area contributed by atoms with Crippen LogP contribution in [0.25, 0.3) is 11.6 Å². The van der Waals surface area contributed by atoms with Gasteiger partial charge < -0.3 is 5.11 Å². The summed E-state index contributed by atoms with van der Waals surface area (Å²) in [7, 11) is 0. The summed E-state index contributed by atoms with van der Waals surface area (Å²) >= 11 is 0. The Morgan fingerprint density at radius 1 is 1.15 bits per heavy atom. The normalized spacial score (nSPS) is 10.9. The second-order valence-corrected chi connectivity index (χ2v) is 4.43. The van der Waals surface area contributed by atoms with Crippen molar-refractivity contribution >= 4 is 17.6 Å². The molecule has 0 aliphatic heterocycles. The molecule has 98 valence electrons. The standard InChI is InChI=1S/C17H13NO2/c1-12-6-8-13(9-7-12)15(11-18)10-14-4-2-3-5-16(14)17(19)20/h2-10H,1H3,(H,19,20)/b15-10+. The van der Waals surface area contributed by atoms with Gasteiger partial charge in [-0.25, -0.2) is 4.79 Å². The fraction of sp³-hybridized carbons (Fsp3) is 0.0588. The zero-order chi connectivity index (χ0) is 14.5. The van der Waals surface area contributed by atoms with Crippen LogP contribution in [-0.2, 0) is 0 Å². The second kappa shape index (κ2) is 5.85. The molecule has 1 N–H and O–H groups in total. The summed E-state index contributed by atoms with van der Waals surface area (Å²) in [6.07, 6.45) is 1.61. The van der Waals surface area contributed by atoms with Crippen LogP contribution in [0, 0.1) is 18.3 Å². The molecule has 0 atom stereocenters. The largest absolute Gasteiger partial charge is 0.478 e. The molecule has 2 aromatic rings. The number of rotatable bonds is 3. The third kappa shape index (κ3) is 2.93. The van der Waals surface area contributed by atoms with E-state index < -0.39 is 5.97 Å². The lowest BCUT2D eigenvalue weighted by molar-refractivity contribution is 0.0696. The molecule has 0 aromatic heterocycles. The van der Waals surface area contributed by atoms with Crippen LogP contribution in [0.4, 0.5) is 0 Å². The van der Waals surface area contributed by atoms with Gasteiger partial charge in [0.1, 0.15) is 0 Å². The average Bonchev–Trinajstić information content (AvgIpc) is 2.46. The van der Waals surface area contributed by atoms with Gasteiger partial charge in [0.15, 0.2) is 0 Å². The Labute approximate surface area is 117 Å². The van der Waals surface area contributed by atoms with Crippen LogP contribution in [0.5, 0.6) is 0 Å². The van der Waals surface area contributed by atoms with E-state index in [-0.39, 0.29) is 5.56 Å². The fourth-order valence-electron chi connectivity index (χ4n) is 1.89. The van der Waals surface area contributed by atoms with Crippen LogP contribution in [0.1, 0.15) is 27.0 Å². The third-order valence-electron chi connectivity index (χ3n) is 2.97. The summed E-state index contributed by atoms with van der Waals surface area (Å²) in [5, 5.41) is 18.4. The van der Waals surface area contributed by atoms with Crippen molar-refractivity contribution in [2.24, 2.45) is 0 Å². The van der Waals surface area contributed by atoms with E-state index in [1.165, 1.54) is 6.07 Å². The summed E-state index contributed by atoms with van der Waals surface area (Å²) < 4.78 is 0. The minimum Gasteiger partial charge on any atom is -0.478 e. The SMILES string of the molecule is Cc1ccc(/C(C#N)=C/c2ccccc2C(=O)O)cc1. The van der Waals surface area contributed by atoms with Gasteiger partial charge in [-0.2, -0.15) is 5.26 Å². The molecule has 2 rings (SSSR count). The predicted molar refractivity (Wildman–Crippen MR) is 78.1 cm³/mol. The number of aryl methyl sites for hydroxylation is 1. The van der Waals surface area contributed by atoms with Gasteiger partial charge in [-0.15, -0.1) is 0 Å². The number of hydrogen-bond acceptors (Lipinski definition) is 2. The monoisotopic (exact) mass is 263 g/mol. The van der Waals surface area contributed by atoms with Gasteiger partial charge in [0.2, 0.25) is 0 Å². The summed E-state index contributed by atoms with van der Waals surface area (Å²) in [5.74, 6) is -1.00. The highest BCUT2D eigenvalue weighted by molar-refractivity contribution is 5.97. The Morgan fingerprint density at radius 3 is 2.40 bits per heavy atom. The number of carboxylic acid groups (broad SMARTS) is 1. The molecule has 0 fully saturated rings. The zero-order valence-corrected chi connectivity index (χ0v) is 11.0. The number of carboxylic acids is 1. The number of benzene rings is 2. The second-order valence-electron chi connectivity index (χ2n) is 4.43. The number of hydrogen-bond donors (Lipinski definition) is 1. The number of carbonyl (C=O) groups is 1. The van der Waals surface area contributed by atoms with E-state index in [2.05, 4.69) is 6.07 Å². The van der Waals surface area contributed by atoms with Crippen LogP contribution in [0.3, 0.4) is 0 Å². The average molecular weight is 263 g/mol. The first-order chi connectivity index (χ1) is 9.61. The number of nitriles is 1. The highest BCUT2D eigenvalue weighted by atomic mass is 16.4. The maximum Gasteiger partial charge on any atom is 0.336 e. The zero-order valence-electron chi connectivity index (χ0n) is 11.0. The first-order valence-electron chi connectivity index (χ1n) is 6.13. The molecule has 0 aliphatic rings. The van der Waals surface area contributed by atoms with E-state index in [1.54, 1.807) is 24.3 Å². The lowest BCUT2D eigenvalue weighted by Crippen LogP contribution is -1.99. The molecule has 0 bridgehead atoms. The number of allylic oxidation sites excluding steroid dienone is 1. The topological polar surface area (TPSA) is 61.1 Å². The molecule has 0 spiro atoms. The van der Waals surface area contributed by atoms with Crippen molar-refractivity contribution in [3.63, 3.8) is 0 Å². The predicted octanol–water partition coefficient (Wildman–Crippen LogP) is 3.76. The van der Waals surface area contributed by atoms with Gasteiger partial charge in [-0.3, -0.25) is 0 Å². The number of aromatic carboxylic acids is 1. The minimum atomic E-state index is -1.00. The fourth-order valence-corrected chi connectivity index (χ4v) is 1.89. The Bertz CT molecular complexity index is 707. The minimum absolute atomic E-state index is 0.187. The summed E-state index contributed by atoms with van der Waals surface area (Å²) in [6, 6.07) is 16.3. The first-order valence-corrected chi connectivity index (χ1v) is 6.13. The van der Waals surface area contributed by atoms with Crippen LogP contribution in [0.2, 0.25) is 0 Å². The molecule has 0 saturated heterocycles. The molecule has 0 saturated carbocycles. The van der Waals surface area contributed by atoms with Crippen LogP contribution >= 0.6 is 0 Å². The quantitative estimate of drug-likeness (QED) is 0.677. The van der Waals surface area contributed by atoms with Crippen molar-refractivity contribution in [1.29, 1.82) is 5.26 Å². The van der Waals surface area contributed by atoms with E-state index in [9.17, 15) is 10.1 Å². The van der Waals surface area contributed by atoms with Crippen LogP contribution in [0.15, 0.2) is 48.5 Å². The summed E-state index contributed by atoms with van der Waals surface area (Å²) in [5.41, 5.74) is 3.04. The lowest BCUT2D eigenvalue weighted by Gasteiger charge is -2.03. The molecule has 0 radical (unpaired) electrons. The molecule has 3 nitrogen and oxygen atoms in total. The van der Waals surface area contributed by atoms with Crippen molar-refractivity contribution in [3.05, 3.63) is 70.8 Å². The van der Waals surface area contributed by atoms with Gasteiger partial charge in [0, 0.05) is 0 Å². The summed E-state index contributed by atoms with van der Waals surface area (Å²) in [4.78, 5) is 11.2. The maximum atomic E-state index is 11.2. The van der Waals surface area contributed by atoms with E-state index in [4.69, 9.17) is 5.11 Å². The summed E-state index contributed by atoms with van der Waals surface area (Å²) in [6.45, 7) is 1.97. The van der Waals surface area contributed by atoms with Crippen molar-refractivity contribution in [3.8, 4) is 6.07 Å². The highest BCUT2D eigenvalue weighted by Gasteiger charge is 2.08. The Hall–Kier alpha value is -2.86. The van der Waals surface area contributed by atoms with E-state index >= 15 is 0 Å². The van der Waals surface area contributed by atoms with Gasteiger partial charge in [-0.05, 0) is 30.2 Å². The smallest absolute Gasteiger partial charge is 0.336 e. The molecule has 3 heteroatoms. The molecule has 20 heavy (non-hydrogen) atoms. The Balaban J connectivity index is 2.50. The van der Waals surface area contributed by atoms with Crippen molar-refractivity contribution in [2.45, 2.75) is 6.92 Å². The van der Waals surface area contributed by atoms with Gasteiger partial charge in [0.05, 0.1) is 17.2 Å². The van der Waals surface area contributed by atoms with Crippen molar-refractivity contribution < 1.29 is 9.90 Å². The van der Waals surface area contributed by atoms with Crippen LogP contribution < -0.4 is 0 Å². The molecule has 0 aliphatic carbocycles. The van der Waals surface area contributed by atoms with Gasteiger partial charge in [0.25, 0.3) is 0 Å². The molecular weight excluding hydrogens is 250 g/mol. The molecule has 0 heterocycles. The first kappa shape index (κ1) is 13.6. The van der Waals surface area contributed by atoms with E-state index in [1.807, 2.05) is 31.2 Å². The maximum absolute atomic E-state index is 11.2. The van der Waals surface area contributed by atoms with E-state index in [0.717, 1.165) is 11.1 Å². The van der Waals surface area contributed by atoms with Crippen molar-refractivity contribution in [2.75, 3.05) is 0 Å². The van der Waals surface area contributed by atoms with E-state index in [0.29, 0.717) is 11.1 Å². The van der Waals surface area contributed by atoms with Crippen molar-refractivity contribution in [1.82, 2.24) is 0 Å². The number of nitrogens with zero attached hydrogens (tertiary/aromatic N) is 1. The lowest BCUT2D eigenvalue weighted by atomic mass is 10.00. The Morgan fingerprint density at radius 2 is 1.80 bits per heavy atom. The molecular formula is C17H13NO2. The molecule has 2 aromatic carbocycles. The third-order valence-corrected chi connectivity index (χ3v) is 2.97. The molecule has 0 amide bonds. The Kier molecular flexibility index (Phi) is 3.97. The van der Waals surface area contributed by atoms with Crippen LogP contribution in [-0.4, -0.2) is 11.1 Å². The van der Waals surface area contributed by atoms with Gasteiger partial charge in [-0.1, -0.05) is 48.0 Å².